The van der Waals surface area contributed by atoms with Crippen LogP contribution in [0.15, 0.2) is 0 Å². The smallest absolute Gasteiger partial charge is 0.407 e. The fourth-order valence-electron chi connectivity index (χ4n) is 5.85. The van der Waals surface area contributed by atoms with Gasteiger partial charge in [0.1, 0.15) is 0 Å². The van der Waals surface area contributed by atoms with Crippen LogP contribution in [0.3, 0.4) is 0 Å². The van der Waals surface area contributed by atoms with Crippen LogP contribution in [0.4, 0.5) is 13.6 Å². The van der Waals surface area contributed by atoms with Crippen molar-refractivity contribution >= 4 is 12.0 Å². The van der Waals surface area contributed by atoms with E-state index >= 15 is 0 Å². The fraction of sp³-hybridized carbons (Fsp3) is 0.895. The van der Waals surface area contributed by atoms with E-state index in [1.807, 2.05) is 0 Å². The molecule has 1 spiro atoms. The van der Waals surface area contributed by atoms with E-state index in [1.54, 1.807) is 4.90 Å². The summed E-state index contributed by atoms with van der Waals surface area (Å²) in [6, 6.07) is -0.429. The van der Waals surface area contributed by atoms with Gasteiger partial charge in [-0.2, -0.15) is 0 Å². The van der Waals surface area contributed by atoms with E-state index in [4.69, 9.17) is 5.11 Å². The molecular weight excluding hydrogens is 386 g/mol. The molecule has 3 saturated heterocycles. The van der Waals surface area contributed by atoms with Crippen LogP contribution in [0.5, 0.6) is 0 Å². The highest BCUT2D eigenvalue weighted by atomic mass is 19.3. The molecule has 3 aliphatic heterocycles. The van der Waals surface area contributed by atoms with Crippen molar-refractivity contribution < 1.29 is 28.3 Å². The van der Waals surface area contributed by atoms with E-state index in [1.165, 1.54) is 12.0 Å². The Kier molecular flexibility index (Phi) is 5.45. The first-order valence-electron chi connectivity index (χ1n) is 10.4. The van der Waals surface area contributed by atoms with E-state index in [9.17, 15) is 18.4 Å². The number of hydroxylamine groups is 1. The molecule has 2 amide bonds. The summed E-state index contributed by atoms with van der Waals surface area (Å²) in [5.41, 5.74) is 2.35. The first-order valence-corrected chi connectivity index (χ1v) is 10.4. The van der Waals surface area contributed by atoms with Gasteiger partial charge in [0, 0.05) is 31.6 Å². The van der Waals surface area contributed by atoms with Crippen LogP contribution in [0.2, 0.25) is 0 Å². The molecule has 4 rings (SSSR count). The first-order chi connectivity index (χ1) is 13.7. The molecule has 0 aromatic heterocycles. The zero-order chi connectivity index (χ0) is 20.8. The maximum atomic E-state index is 14.0. The molecule has 2 N–H and O–H groups in total. The standard InChI is InChI=1S/C19H30F2N4O4/c1-29-22-16(26)15-10-19(20,21)12-25(15)13-2-5-23(6-3-13)14-8-18(9-14)4-7-24(11-18)17(27)28/h13-15H,2-12H2,1H3,(H,22,26)(H,27,28)/t14?,15-,18?/m1/s1. The lowest BCUT2D eigenvalue weighted by molar-refractivity contribution is -0.137. The lowest BCUT2D eigenvalue weighted by Gasteiger charge is -2.52. The first kappa shape index (κ1) is 20.7. The minimum absolute atomic E-state index is 0.0322. The molecule has 0 bridgehead atoms. The number of nitrogens with one attached hydrogen (secondary N) is 1. The summed E-state index contributed by atoms with van der Waals surface area (Å²) in [4.78, 5) is 33.6. The predicted molar refractivity (Wildman–Crippen MR) is 99.5 cm³/mol. The third-order valence-electron chi connectivity index (χ3n) is 7.34. The van der Waals surface area contributed by atoms with E-state index in [0.717, 1.165) is 45.2 Å². The number of carbonyl (C=O) groups is 2. The van der Waals surface area contributed by atoms with Crippen molar-refractivity contribution in [3.05, 3.63) is 0 Å². The molecule has 0 unspecified atom stereocenters. The molecule has 3 heterocycles. The molecule has 1 saturated carbocycles. The number of rotatable bonds is 4. The number of alkyl halides is 2. The van der Waals surface area contributed by atoms with Crippen molar-refractivity contribution in [1.29, 1.82) is 0 Å². The molecule has 0 radical (unpaired) electrons. The second kappa shape index (κ2) is 7.63. The summed E-state index contributed by atoms with van der Waals surface area (Å²) in [5.74, 6) is -3.36. The maximum Gasteiger partial charge on any atom is 0.407 e. The minimum Gasteiger partial charge on any atom is -0.465 e. The average molecular weight is 416 g/mol. The van der Waals surface area contributed by atoms with Gasteiger partial charge in [-0.25, -0.2) is 19.1 Å². The summed E-state index contributed by atoms with van der Waals surface area (Å²) in [6.07, 6.45) is 3.19. The van der Waals surface area contributed by atoms with Gasteiger partial charge in [-0.05, 0) is 50.6 Å². The van der Waals surface area contributed by atoms with Gasteiger partial charge in [0.25, 0.3) is 11.8 Å². The average Bonchev–Trinajstić information content (AvgIpc) is 3.22. The molecule has 1 aliphatic carbocycles. The number of hydrogen-bond donors (Lipinski definition) is 2. The van der Waals surface area contributed by atoms with Crippen LogP contribution in [-0.4, -0.2) is 95.7 Å². The fourth-order valence-corrected chi connectivity index (χ4v) is 5.85. The normalized spacial score (nSPS) is 35.8. The van der Waals surface area contributed by atoms with Gasteiger partial charge in [0.05, 0.1) is 19.7 Å². The summed E-state index contributed by atoms with van der Waals surface area (Å²) < 4.78 is 28.0. The van der Waals surface area contributed by atoms with Crippen LogP contribution < -0.4 is 5.48 Å². The Hall–Kier alpha value is -1.52. The lowest BCUT2D eigenvalue weighted by atomic mass is 9.64. The van der Waals surface area contributed by atoms with Gasteiger partial charge in [-0.3, -0.25) is 14.5 Å². The number of carbonyl (C=O) groups excluding carboxylic acids is 1. The molecule has 1 atom stereocenters. The molecule has 164 valence electrons. The monoisotopic (exact) mass is 416 g/mol. The SMILES string of the molecule is CONC(=O)[C@H]1CC(F)(F)CN1C1CCN(C2CC3(CCN(C(=O)O)C3)C2)CC1. The number of halogens is 2. The molecule has 4 aliphatic rings. The Morgan fingerprint density at radius 1 is 1.07 bits per heavy atom. The zero-order valence-electron chi connectivity index (χ0n) is 16.8. The predicted octanol–water partition coefficient (Wildman–Crippen LogP) is 1.37. The minimum atomic E-state index is -2.86. The number of piperidine rings is 1. The van der Waals surface area contributed by atoms with Gasteiger partial charge in [0.15, 0.2) is 0 Å². The Labute approximate surface area is 169 Å². The molecule has 0 aromatic carbocycles. The third-order valence-corrected chi connectivity index (χ3v) is 7.34. The number of hydrogen-bond acceptors (Lipinski definition) is 5. The number of amides is 2. The highest BCUT2D eigenvalue weighted by Crippen LogP contribution is 2.50. The molecule has 4 fully saturated rings. The van der Waals surface area contributed by atoms with Gasteiger partial charge < -0.3 is 14.9 Å². The number of carboxylic acid groups (broad SMARTS) is 1. The zero-order valence-corrected chi connectivity index (χ0v) is 16.8. The van der Waals surface area contributed by atoms with Crippen LogP contribution >= 0.6 is 0 Å². The lowest BCUT2D eigenvalue weighted by Crippen LogP contribution is -2.57. The molecular formula is C19H30F2N4O4. The van der Waals surface area contributed by atoms with Crippen molar-refractivity contribution in [2.45, 2.75) is 62.6 Å². The van der Waals surface area contributed by atoms with E-state index in [0.29, 0.717) is 19.1 Å². The largest absolute Gasteiger partial charge is 0.465 e. The summed E-state index contributed by atoms with van der Waals surface area (Å²) in [5, 5.41) is 9.16. The maximum absolute atomic E-state index is 14.0. The van der Waals surface area contributed by atoms with Gasteiger partial charge in [-0.15, -0.1) is 0 Å². The van der Waals surface area contributed by atoms with Crippen LogP contribution in [-0.2, 0) is 9.63 Å². The molecule has 10 heteroatoms. The summed E-state index contributed by atoms with van der Waals surface area (Å²) >= 11 is 0. The summed E-state index contributed by atoms with van der Waals surface area (Å²) in [7, 11) is 1.30. The third kappa shape index (κ3) is 4.06. The van der Waals surface area contributed by atoms with Gasteiger partial charge in [-0.1, -0.05) is 0 Å². The van der Waals surface area contributed by atoms with E-state index < -0.39 is 30.4 Å². The Bertz CT molecular complexity index is 650. The number of likely N-dealkylation sites (tertiary alicyclic amines) is 3. The van der Waals surface area contributed by atoms with Crippen molar-refractivity contribution in [3.8, 4) is 0 Å². The second-order valence-electron chi connectivity index (χ2n) is 9.20. The Balaban J connectivity index is 1.29. The topological polar surface area (TPSA) is 85.4 Å². The number of nitrogens with zero attached hydrogens (tertiary/aromatic N) is 3. The summed E-state index contributed by atoms with van der Waals surface area (Å²) in [6.45, 7) is 2.53. The van der Waals surface area contributed by atoms with Crippen molar-refractivity contribution in [3.63, 3.8) is 0 Å². The van der Waals surface area contributed by atoms with Crippen molar-refractivity contribution in [2.24, 2.45) is 5.41 Å². The quantitative estimate of drug-likeness (QED) is 0.674. The highest BCUT2D eigenvalue weighted by molar-refractivity contribution is 5.81. The van der Waals surface area contributed by atoms with Crippen LogP contribution in [0.25, 0.3) is 0 Å². The molecule has 8 nitrogen and oxygen atoms in total. The van der Waals surface area contributed by atoms with Crippen LogP contribution in [0.1, 0.15) is 38.5 Å². The van der Waals surface area contributed by atoms with Crippen molar-refractivity contribution in [2.75, 3.05) is 39.8 Å². The van der Waals surface area contributed by atoms with Gasteiger partial charge >= 0.3 is 6.09 Å². The van der Waals surface area contributed by atoms with Gasteiger partial charge in [0.2, 0.25) is 0 Å². The Morgan fingerprint density at radius 2 is 1.76 bits per heavy atom. The van der Waals surface area contributed by atoms with E-state index in [-0.39, 0.29) is 18.0 Å². The molecule has 0 aromatic rings. The Morgan fingerprint density at radius 3 is 2.34 bits per heavy atom. The highest BCUT2D eigenvalue weighted by Gasteiger charge is 2.53. The van der Waals surface area contributed by atoms with E-state index in [2.05, 4.69) is 15.2 Å². The van der Waals surface area contributed by atoms with Crippen LogP contribution in [0, 0.1) is 5.41 Å². The van der Waals surface area contributed by atoms with Crippen molar-refractivity contribution in [1.82, 2.24) is 20.2 Å². The second-order valence-corrected chi connectivity index (χ2v) is 9.20. The molecule has 29 heavy (non-hydrogen) atoms.